The van der Waals surface area contributed by atoms with E-state index in [-0.39, 0.29) is 23.9 Å². The number of methoxy groups -OCH3 is 1. The number of carboxylic acid groups (broad SMARTS) is 2. The molecule has 30 heavy (non-hydrogen) atoms. The number of alkyl halides is 3. The molecule has 8 nitrogen and oxygen atoms in total. The van der Waals surface area contributed by atoms with Crippen LogP contribution >= 0.6 is 0 Å². The monoisotopic (exact) mass is 440 g/mol. The van der Waals surface area contributed by atoms with Gasteiger partial charge in [0.2, 0.25) is 5.91 Å². The molecule has 0 aliphatic carbocycles. The Morgan fingerprint density at radius 1 is 1.30 bits per heavy atom. The lowest BCUT2D eigenvalue weighted by Crippen LogP contribution is -2.62. The quantitative estimate of drug-likeness (QED) is 0.427. The fraction of sp³-hybridized carbons (Fsp3) is 0.737. The second-order valence-corrected chi connectivity index (χ2v) is 7.26. The average molecular weight is 440 g/mol. The first-order valence-electron chi connectivity index (χ1n) is 9.47. The molecular weight excluding hydrogens is 409 g/mol. The van der Waals surface area contributed by atoms with Gasteiger partial charge in [0.05, 0.1) is 11.6 Å². The minimum absolute atomic E-state index is 0.0317. The Balaban J connectivity index is 0.00000103. The van der Waals surface area contributed by atoms with Gasteiger partial charge in [-0.3, -0.25) is 14.9 Å². The third-order valence-electron chi connectivity index (χ3n) is 4.93. The molecule has 0 saturated carbocycles. The van der Waals surface area contributed by atoms with Gasteiger partial charge in [0.1, 0.15) is 6.04 Å². The molecule has 1 aliphatic rings. The molecule has 1 saturated heterocycles. The maximum Gasteiger partial charge on any atom is 0.490 e. The summed E-state index contributed by atoms with van der Waals surface area (Å²) >= 11 is 0. The van der Waals surface area contributed by atoms with E-state index in [0.717, 1.165) is 12.8 Å². The number of hydrogen-bond acceptors (Lipinski definition) is 5. The zero-order valence-corrected chi connectivity index (χ0v) is 17.7. The summed E-state index contributed by atoms with van der Waals surface area (Å²) in [5, 5.41) is 22.6. The predicted molar refractivity (Wildman–Crippen MR) is 103 cm³/mol. The number of aliphatic carboxylic acids is 2. The van der Waals surface area contributed by atoms with Gasteiger partial charge in [-0.05, 0) is 32.6 Å². The molecule has 1 heterocycles. The lowest BCUT2D eigenvalue weighted by Gasteiger charge is -2.41. The lowest BCUT2D eigenvalue weighted by molar-refractivity contribution is -0.192. The summed E-state index contributed by atoms with van der Waals surface area (Å²) in [7, 11) is 1.64. The minimum atomic E-state index is -5.08. The second-order valence-electron chi connectivity index (χ2n) is 7.26. The number of rotatable bonds is 8. The number of carbonyl (C=O) groups excluding carboxylic acids is 1. The smallest absolute Gasteiger partial charge is 0.480 e. The van der Waals surface area contributed by atoms with Gasteiger partial charge < -0.3 is 20.3 Å². The van der Waals surface area contributed by atoms with E-state index in [1.807, 2.05) is 26.0 Å². The lowest BCUT2D eigenvalue weighted by atomic mass is 9.81. The predicted octanol–water partition coefficient (Wildman–Crippen LogP) is 2.34. The fourth-order valence-electron chi connectivity index (χ4n) is 3.53. The molecule has 0 radical (unpaired) electrons. The number of carboxylic acids is 2. The Morgan fingerprint density at radius 2 is 1.83 bits per heavy atom. The topological polar surface area (TPSA) is 125 Å². The molecule has 1 rings (SSSR count). The maximum absolute atomic E-state index is 11.7. The van der Waals surface area contributed by atoms with Crippen molar-refractivity contribution < 1.29 is 42.5 Å². The van der Waals surface area contributed by atoms with Crippen molar-refractivity contribution in [2.24, 2.45) is 5.92 Å². The van der Waals surface area contributed by atoms with Gasteiger partial charge in [0, 0.05) is 20.1 Å². The summed E-state index contributed by atoms with van der Waals surface area (Å²) in [6, 6.07) is -1.11. The van der Waals surface area contributed by atoms with Crippen LogP contribution in [0.2, 0.25) is 0 Å². The molecule has 1 aliphatic heterocycles. The van der Waals surface area contributed by atoms with Crippen molar-refractivity contribution in [3.8, 4) is 0 Å². The average Bonchev–Trinajstić information content (AvgIpc) is 3.03. The number of carbonyl (C=O) groups is 3. The molecular formula is C19H31F3N2O6. The van der Waals surface area contributed by atoms with Crippen LogP contribution in [0.15, 0.2) is 12.2 Å². The van der Waals surface area contributed by atoms with E-state index >= 15 is 0 Å². The maximum atomic E-state index is 11.7. The fourth-order valence-corrected chi connectivity index (χ4v) is 3.53. The zero-order chi connectivity index (χ0) is 23.7. The first-order valence-corrected chi connectivity index (χ1v) is 9.47. The highest BCUT2D eigenvalue weighted by molar-refractivity contribution is 5.75. The van der Waals surface area contributed by atoms with E-state index in [4.69, 9.17) is 14.6 Å². The van der Waals surface area contributed by atoms with Crippen molar-refractivity contribution in [1.82, 2.24) is 10.6 Å². The Morgan fingerprint density at radius 3 is 2.17 bits per heavy atom. The summed E-state index contributed by atoms with van der Waals surface area (Å²) in [6.07, 6.45) is 1.04. The number of allylic oxidation sites excluding steroid dienone is 1. The SMILES string of the molecule is C/C=C\[C@@H]1C[C@H](C(=O)O)N[C@H]1[C@@H](NC(C)=O)[C@](C)(CCC)OC.O=C(O)C(F)(F)F. The molecule has 11 heteroatoms. The van der Waals surface area contributed by atoms with Crippen molar-refractivity contribution in [2.75, 3.05) is 7.11 Å². The zero-order valence-electron chi connectivity index (χ0n) is 17.7. The van der Waals surface area contributed by atoms with Crippen LogP contribution in [0.4, 0.5) is 13.2 Å². The molecule has 0 spiro atoms. The van der Waals surface area contributed by atoms with Gasteiger partial charge in [-0.2, -0.15) is 13.2 Å². The summed E-state index contributed by atoms with van der Waals surface area (Å²) in [5.74, 6) is -3.73. The van der Waals surface area contributed by atoms with E-state index in [0.29, 0.717) is 6.42 Å². The normalized spacial score (nSPS) is 24.5. The molecule has 0 aromatic rings. The van der Waals surface area contributed by atoms with Crippen LogP contribution in [0, 0.1) is 5.92 Å². The van der Waals surface area contributed by atoms with Crippen molar-refractivity contribution in [1.29, 1.82) is 0 Å². The van der Waals surface area contributed by atoms with Gasteiger partial charge in [0.15, 0.2) is 0 Å². The molecule has 0 bridgehead atoms. The highest BCUT2D eigenvalue weighted by Gasteiger charge is 2.47. The van der Waals surface area contributed by atoms with Crippen molar-refractivity contribution in [3.63, 3.8) is 0 Å². The van der Waals surface area contributed by atoms with Gasteiger partial charge in [0.25, 0.3) is 0 Å². The number of nitrogens with one attached hydrogen (secondary N) is 2. The van der Waals surface area contributed by atoms with E-state index in [1.54, 1.807) is 7.11 Å². The van der Waals surface area contributed by atoms with E-state index < -0.39 is 29.8 Å². The third-order valence-corrected chi connectivity index (χ3v) is 4.93. The van der Waals surface area contributed by atoms with E-state index in [1.165, 1.54) is 6.92 Å². The summed E-state index contributed by atoms with van der Waals surface area (Å²) < 4.78 is 37.5. The number of ether oxygens (including phenoxy) is 1. The molecule has 5 atom stereocenters. The summed E-state index contributed by atoms with van der Waals surface area (Å²) in [5.41, 5.74) is -0.564. The van der Waals surface area contributed by atoms with Gasteiger partial charge in [-0.15, -0.1) is 0 Å². The largest absolute Gasteiger partial charge is 0.490 e. The van der Waals surface area contributed by atoms with Crippen LogP contribution in [0.3, 0.4) is 0 Å². The Bertz CT molecular complexity index is 626. The minimum Gasteiger partial charge on any atom is -0.480 e. The number of hydrogen-bond donors (Lipinski definition) is 4. The molecule has 0 aromatic carbocycles. The van der Waals surface area contributed by atoms with Gasteiger partial charge in [-0.25, -0.2) is 4.79 Å². The van der Waals surface area contributed by atoms with Crippen LogP contribution in [0.5, 0.6) is 0 Å². The van der Waals surface area contributed by atoms with Crippen LogP contribution in [-0.2, 0) is 19.1 Å². The molecule has 0 aromatic heterocycles. The van der Waals surface area contributed by atoms with Gasteiger partial charge >= 0.3 is 18.1 Å². The van der Waals surface area contributed by atoms with Crippen molar-refractivity contribution in [3.05, 3.63) is 12.2 Å². The van der Waals surface area contributed by atoms with Gasteiger partial charge in [-0.1, -0.05) is 25.5 Å². The number of amides is 1. The summed E-state index contributed by atoms with van der Waals surface area (Å²) in [4.78, 5) is 32.0. The molecule has 1 fully saturated rings. The Kier molecular flexibility index (Phi) is 11.0. The second kappa shape index (κ2) is 11.9. The molecule has 1 amide bonds. The van der Waals surface area contributed by atoms with Crippen LogP contribution in [0.1, 0.15) is 47.0 Å². The summed E-state index contributed by atoms with van der Waals surface area (Å²) in [6.45, 7) is 7.43. The van der Waals surface area contributed by atoms with Crippen molar-refractivity contribution in [2.45, 2.75) is 76.9 Å². The first-order chi connectivity index (χ1) is 13.7. The Hall–Kier alpha value is -2.14. The standard InChI is InChI=1S/C17H30N2O4.C2HF3O2/c1-6-8-12-10-13(16(21)22)19-14(12)15(18-11(3)20)17(4,23-5)9-7-2;3-2(4,5)1(6)7/h6,8,12-15,19H,7,9-10H2,1-5H3,(H,18,20)(H,21,22);(H,6,7)/b8-6-;/t12-,13-,14-,15-,17+;/m1./s1. The van der Waals surface area contributed by atoms with E-state index in [9.17, 15) is 27.9 Å². The highest BCUT2D eigenvalue weighted by atomic mass is 19.4. The van der Waals surface area contributed by atoms with Crippen LogP contribution < -0.4 is 10.6 Å². The van der Waals surface area contributed by atoms with Crippen LogP contribution in [0.25, 0.3) is 0 Å². The number of halogens is 3. The van der Waals surface area contributed by atoms with Crippen LogP contribution in [-0.4, -0.2) is 65.1 Å². The van der Waals surface area contributed by atoms with Crippen molar-refractivity contribution >= 4 is 17.8 Å². The van der Waals surface area contributed by atoms with E-state index in [2.05, 4.69) is 17.6 Å². The molecule has 174 valence electrons. The third kappa shape index (κ3) is 8.31. The highest BCUT2D eigenvalue weighted by Crippen LogP contribution is 2.32. The first kappa shape index (κ1) is 27.9. The molecule has 0 unspecified atom stereocenters. The Labute approximate surface area is 173 Å². The molecule has 4 N–H and O–H groups in total.